The molecule has 2 aromatic carbocycles. The van der Waals surface area contributed by atoms with E-state index in [2.05, 4.69) is 6.92 Å². The van der Waals surface area contributed by atoms with Crippen LogP contribution in [0.1, 0.15) is 63.0 Å². The molecule has 0 spiro atoms. The zero-order chi connectivity index (χ0) is 20.8. The van der Waals surface area contributed by atoms with Crippen molar-refractivity contribution < 1.29 is 22.6 Å². The zero-order valence-electron chi connectivity index (χ0n) is 17.1. The summed E-state index contributed by atoms with van der Waals surface area (Å²) in [5, 5.41) is 0. The van der Waals surface area contributed by atoms with Crippen molar-refractivity contribution >= 4 is 0 Å². The van der Waals surface area contributed by atoms with Gasteiger partial charge in [0.25, 0.3) is 0 Å². The van der Waals surface area contributed by atoms with Crippen molar-refractivity contribution in [3.8, 4) is 11.1 Å². The van der Waals surface area contributed by atoms with Crippen LogP contribution < -0.4 is 0 Å². The number of ether oxygens (including phenoxy) is 2. The van der Waals surface area contributed by atoms with Gasteiger partial charge in [-0.15, -0.1) is 0 Å². The van der Waals surface area contributed by atoms with Crippen molar-refractivity contribution in [3.05, 3.63) is 58.9 Å². The smallest absolute Gasteiger partial charge is 0.166 e. The average molecular weight is 406 g/mol. The van der Waals surface area contributed by atoms with Gasteiger partial charge in [-0.2, -0.15) is 0 Å². The maximum Gasteiger partial charge on any atom is 0.166 e. The molecule has 2 aromatic rings. The van der Waals surface area contributed by atoms with E-state index in [1.165, 1.54) is 12.1 Å². The number of rotatable bonds is 8. The molecule has 3 rings (SSSR count). The maximum atomic E-state index is 14.8. The summed E-state index contributed by atoms with van der Waals surface area (Å²) >= 11 is 0. The number of benzene rings is 2. The van der Waals surface area contributed by atoms with E-state index in [4.69, 9.17) is 9.47 Å². The van der Waals surface area contributed by atoms with Crippen LogP contribution in [0.25, 0.3) is 11.1 Å². The van der Waals surface area contributed by atoms with Crippen LogP contribution in [0.4, 0.5) is 13.2 Å². The molecule has 158 valence electrons. The molecule has 0 saturated carbocycles. The molecular formula is C24H29F3O2. The van der Waals surface area contributed by atoms with Gasteiger partial charge in [-0.1, -0.05) is 51.0 Å². The van der Waals surface area contributed by atoms with Crippen LogP contribution in [-0.2, 0) is 15.9 Å². The summed E-state index contributed by atoms with van der Waals surface area (Å²) < 4.78 is 55.2. The Kier molecular flexibility index (Phi) is 7.73. The molecule has 0 N–H and O–H groups in total. The molecular weight excluding hydrogens is 377 g/mol. The second kappa shape index (κ2) is 10.3. The lowest BCUT2D eigenvalue weighted by atomic mass is 9.90. The topological polar surface area (TPSA) is 18.5 Å². The van der Waals surface area contributed by atoms with E-state index in [1.54, 1.807) is 18.2 Å². The second-order valence-electron chi connectivity index (χ2n) is 7.65. The highest BCUT2D eigenvalue weighted by atomic mass is 19.2. The number of hydrogen-bond donors (Lipinski definition) is 0. The molecule has 5 heteroatoms. The molecule has 1 saturated heterocycles. The van der Waals surface area contributed by atoms with Crippen molar-refractivity contribution in [1.82, 2.24) is 0 Å². The monoisotopic (exact) mass is 406 g/mol. The number of unbranched alkanes of at least 4 members (excludes halogenated alkanes) is 1. The van der Waals surface area contributed by atoms with Crippen LogP contribution in [0.5, 0.6) is 0 Å². The average Bonchev–Trinajstić information content (AvgIpc) is 2.73. The van der Waals surface area contributed by atoms with Gasteiger partial charge in [-0.25, -0.2) is 13.2 Å². The first-order valence-corrected chi connectivity index (χ1v) is 10.5. The molecule has 1 aliphatic rings. The van der Waals surface area contributed by atoms with Gasteiger partial charge in [-0.05, 0) is 48.4 Å². The third kappa shape index (κ3) is 5.20. The number of halogens is 3. The van der Waals surface area contributed by atoms with E-state index in [9.17, 15) is 13.2 Å². The maximum absolute atomic E-state index is 14.8. The normalized spacial score (nSPS) is 19.5. The molecule has 2 nitrogen and oxygen atoms in total. The summed E-state index contributed by atoms with van der Waals surface area (Å²) in [6.07, 6.45) is 4.53. The third-order valence-electron chi connectivity index (χ3n) is 5.47. The molecule has 0 aliphatic carbocycles. The van der Waals surface area contributed by atoms with Crippen LogP contribution in [0.15, 0.2) is 30.3 Å². The van der Waals surface area contributed by atoms with E-state index < -0.39 is 11.6 Å². The molecule has 1 aliphatic heterocycles. The number of hydrogen-bond acceptors (Lipinski definition) is 2. The minimum Gasteiger partial charge on any atom is -0.353 e. The Balaban J connectivity index is 1.73. The van der Waals surface area contributed by atoms with Gasteiger partial charge in [0, 0.05) is 18.1 Å². The Bertz CT molecular complexity index is 814. The molecule has 1 fully saturated rings. The predicted molar refractivity (Wildman–Crippen MR) is 108 cm³/mol. The standard InChI is InChI=1S/C24H29F3O2/c1-3-5-13-28-22-12-9-18(15-29-22)20-11-10-19(23(26)24(20)27)17-8-7-16(6-4-2)21(25)14-17/h7-8,10-11,14,18,22H,3-6,9,12-13,15H2,1-2H3. The van der Waals surface area contributed by atoms with Crippen molar-refractivity contribution in [2.45, 2.75) is 64.6 Å². The van der Waals surface area contributed by atoms with Crippen LogP contribution in [-0.4, -0.2) is 19.5 Å². The largest absolute Gasteiger partial charge is 0.353 e. The first kappa shape index (κ1) is 21.8. The Hall–Kier alpha value is -1.85. The van der Waals surface area contributed by atoms with Gasteiger partial charge >= 0.3 is 0 Å². The minimum atomic E-state index is -0.938. The Morgan fingerprint density at radius 2 is 1.83 bits per heavy atom. The minimum absolute atomic E-state index is 0.0747. The fourth-order valence-electron chi connectivity index (χ4n) is 3.75. The SMILES string of the molecule is CCCCOC1CCC(c2ccc(-c3ccc(CCC)c(F)c3)c(F)c2F)CO1. The molecule has 0 bridgehead atoms. The Morgan fingerprint density at radius 3 is 2.48 bits per heavy atom. The summed E-state index contributed by atoms with van der Waals surface area (Å²) in [5.41, 5.74) is 1.31. The Morgan fingerprint density at radius 1 is 1.00 bits per heavy atom. The van der Waals surface area contributed by atoms with Gasteiger partial charge in [0.05, 0.1) is 6.61 Å². The summed E-state index contributed by atoms with van der Waals surface area (Å²) in [4.78, 5) is 0. The van der Waals surface area contributed by atoms with Gasteiger partial charge in [-0.3, -0.25) is 0 Å². The van der Waals surface area contributed by atoms with Crippen LogP contribution in [0.3, 0.4) is 0 Å². The summed E-state index contributed by atoms with van der Waals surface area (Å²) in [6.45, 7) is 5.01. The van der Waals surface area contributed by atoms with E-state index in [1.807, 2.05) is 6.92 Å². The molecule has 2 atom stereocenters. The van der Waals surface area contributed by atoms with Crippen molar-refractivity contribution in [3.63, 3.8) is 0 Å². The molecule has 0 radical (unpaired) electrons. The zero-order valence-corrected chi connectivity index (χ0v) is 17.1. The first-order chi connectivity index (χ1) is 14.0. The lowest BCUT2D eigenvalue weighted by molar-refractivity contribution is -0.167. The number of aryl methyl sites for hydroxylation is 1. The second-order valence-corrected chi connectivity index (χ2v) is 7.65. The highest BCUT2D eigenvalue weighted by molar-refractivity contribution is 5.65. The lowest BCUT2D eigenvalue weighted by Gasteiger charge is -2.29. The molecule has 1 heterocycles. The fourth-order valence-corrected chi connectivity index (χ4v) is 3.75. The van der Waals surface area contributed by atoms with Gasteiger partial charge < -0.3 is 9.47 Å². The van der Waals surface area contributed by atoms with E-state index in [0.29, 0.717) is 49.2 Å². The first-order valence-electron chi connectivity index (χ1n) is 10.5. The molecule has 2 unspecified atom stereocenters. The predicted octanol–water partition coefficient (Wildman–Crippen LogP) is 6.76. The highest BCUT2D eigenvalue weighted by Gasteiger charge is 2.27. The fraction of sp³-hybridized carbons (Fsp3) is 0.500. The van der Waals surface area contributed by atoms with E-state index >= 15 is 0 Å². The quantitative estimate of drug-likeness (QED) is 0.451. The highest BCUT2D eigenvalue weighted by Crippen LogP contribution is 2.35. The van der Waals surface area contributed by atoms with Gasteiger partial charge in [0.15, 0.2) is 17.9 Å². The third-order valence-corrected chi connectivity index (χ3v) is 5.47. The van der Waals surface area contributed by atoms with Crippen molar-refractivity contribution in [2.75, 3.05) is 13.2 Å². The van der Waals surface area contributed by atoms with E-state index in [-0.39, 0.29) is 23.6 Å². The van der Waals surface area contributed by atoms with Crippen LogP contribution >= 0.6 is 0 Å². The summed E-state index contributed by atoms with van der Waals surface area (Å²) in [5.74, 6) is -2.41. The van der Waals surface area contributed by atoms with E-state index in [0.717, 1.165) is 19.3 Å². The van der Waals surface area contributed by atoms with Crippen molar-refractivity contribution in [2.24, 2.45) is 0 Å². The van der Waals surface area contributed by atoms with Crippen LogP contribution in [0.2, 0.25) is 0 Å². The Labute approximate surface area is 171 Å². The van der Waals surface area contributed by atoms with Gasteiger partial charge in [0.1, 0.15) is 5.82 Å². The van der Waals surface area contributed by atoms with Crippen molar-refractivity contribution in [1.29, 1.82) is 0 Å². The summed E-state index contributed by atoms with van der Waals surface area (Å²) in [7, 11) is 0. The molecule has 29 heavy (non-hydrogen) atoms. The molecule has 0 aromatic heterocycles. The van der Waals surface area contributed by atoms with Gasteiger partial charge in [0.2, 0.25) is 0 Å². The van der Waals surface area contributed by atoms with Crippen LogP contribution in [0, 0.1) is 17.5 Å². The molecule has 0 amide bonds. The lowest BCUT2D eigenvalue weighted by Crippen LogP contribution is -2.28. The summed E-state index contributed by atoms with van der Waals surface area (Å²) in [6, 6.07) is 7.70.